The van der Waals surface area contributed by atoms with E-state index in [2.05, 4.69) is 23.9 Å². The first kappa shape index (κ1) is 15.3. The van der Waals surface area contributed by atoms with Gasteiger partial charge in [0, 0.05) is 18.6 Å². The number of sulfonamides is 1. The second-order valence-corrected chi connectivity index (χ2v) is 9.22. The number of nitrogens with one attached hydrogen (secondary N) is 2. The zero-order chi connectivity index (χ0) is 14.1. The summed E-state index contributed by atoms with van der Waals surface area (Å²) in [7, 11) is -3.18. The highest BCUT2D eigenvalue weighted by molar-refractivity contribution is 7.90. The van der Waals surface area contributed by atoms with E-state index in [0.29, 0.717) is 18.0 Å². The monoisotopic (exact) mass is 288 g/mol. The van der Waals surface area contributed by atoms with Crippen molar-refractivity contribution in [2.75, 3.05) is 6.54 Å². The summed E-state index contributed by atoms with van der Waals surface area (Å²) in [5, 5.41) is 2.95. The highest BCUT2D eigenvalue weighted by Crippen LogP contribution is 2.35. The highest BCUT2D eigenvalue weighted by atomic mass is 32.2. The Labute approximate surface area is 117 Å². The van der Waals surface area contributed by atoms with Crippen molar-refractivity contribution in [3.05, 3.63) is 0 Å². The normalized spacial score (nSPS) is 26.3. The van der Waals surface area contributed by atoms with Gasteiger partial charge in [0.2, 0.25) is 10.0 Å². The van der Waals surface area contributed by atoms with Crippen LogP contribution in [0.3, 0.4) is 0 Å². The van der Waals surface area contributed by atoms with Crippen LogP contribution in [0.15, 0.2) is 0 Å². The molecule has 1 unspecified atom stereocenters. The van der Waals surface area contributed by atoms with E-state index < -0.39 is 10.0 Å². The molecule has 2 saturated carbocycles. The Morgan fingerprint density at radius 1 is 1.11 bits per heavy atom. The van der Waals surface area contributed by atoms with E-state index in [0.717, 1.165) is 25.7 Å². The fourth-order valence-corrected chi connectivity index (χ4v) is 3.84. The average molecular weight is 288 g/mol. The fourth-order valence-electron chi connectivity index (χ4n) is 2.60. The summed E-state index contributed by atoms with van der Waals surface area (Å²) in [5.74, 6) is 0. The summed E-state index contributed by atoms with van der Waals surface area (Å²) in [4.78, 5) is 0. The minimum Gasteiger partial charge on any atom is -0.313 e. The van der Waals surface area contributed by atoms with Gasteiger partial charge in [-0.3, -0.25) is 0 Å². The van der Waals surface area contributed by atoms with Crippen LogP contribution in [0.4, 0.5) is 0 Å². The topological polar surface area (TPSA) is 58.2 Å². The maximum atomic E-state index is 12.2. The van der Waals surface area contributed by atoms with Crippen LogP contribution in [0.2, 0.25) is 0 Å². The second kappa shape index (κ2) is 5.70. The van der Waals surface area contributed by atoms with Crippen molar-refractivity contribution in [1.29, 1.82) is 0 Å². The molecule has 0 radical (unpaired) electrons. The summed E-state index contributed by atoms with van der Waals surface area (Å²) in [6.07, 6.45) is 6.53. The molecule has 4 nitrogen and oxygen atoms in total. The van der Waals surface area contributed by atoms with Gasteiger partial charge in [-0.1, -0.05) is 13.8 Å². The van der Waals surface area contributed by atoms with Crippen molar-refractivity contribution in [3.8, 4) is 0 Å². The third-order valence-corrected chi connectivity index (χ3v) is 6.36. The quantitative estimate of drug-likeness (QED) is 0.786. The van der Waals surface area contributed by atoms with Crippen LogP contribution in [0, 0.1) is 5.41 Å². The smallest absolute Gasteiger partial charge is 0.215 e. The number of rotatable bonds is 6. The largest absolute Gasteiger partial charge is 0.313 e. The molecule has 0 saturated heterocycles. The Balaban J connectivity index is 1.79. The fraction of sp³-hybridized carbons (Fsp3) is 1.00. The Morgan fingerprint density at radius 3 is 2.21 bits per heavy atom. The summed E-state index contributed by atoms with van der Waals surface area (Å²) < 4.78 is 27.4. The number of hydrogen-bond donors (Lipinski definition) is 2. The lowest BCUT2D eigenvalue weighted by atomic mass is 9.76. The Kier molecular flexibility index (Phi) is 4.58. The predicted octanol–water partition coefficient (Wildman–Crippen LogP) is 2.02. The molecule has 0 spiro atoms. The molecule has 2 fully saturated rings. The minimum atomic E-state index is -3.18. The van der Waals surface area contributed by atoms with Crippen molar-refractivity contribution in [2.24, 2.45) is 5.41 Å². The van der Waals surface area contributed by atoms with Crippen molar-refractivity contribution in [3.63, 3.8) is 0 Å². The third-order valence-electron chi connectivity index (χ3n) is 4.47. The van der Waals surface area contributed by atoms with Gasteiger partial charge in [0.25, 0.3) is 0 Å². The molecular formula is C14H28N2O2S. The van der Waals surface area contributed by atoms with E-state index in [4.69, 9.17) is 0 Å². The molecule has 0 bridgehead atoms. The van der Waals surface area contributed by atoms with E-state index in [1.165, 1.54) is 12.8 Å². The van der Waals surface area contributed by atoms with Crippen LogP contribution in [-0.2, 0) is 10.0 Å². The molecule has 112 valence electrons. The summed E-state index contributed by atoms with van der Waals surface area (Å²) >= 11 is 0. The first-order valence-electron chi connectivity index (χ1n) is 7.53. The zero-order valence-corrected chi connectivity index (χ0v) is 13.2. The summed E-state index contributed by atoms with van der Waals surface area (Å²) in [5.41, 5.74) is 0.376. The van der Waals surface area contributed by atoms with Gasteiger partial charge < -0.3 is 5.32 Å². The van der Waals surface area contributed by atoms with Crippen molar-refractivity contribution < 1.29 is 8.42 Å². The van der Waals surface area contributed by atoms with Crippen molar-refractivity contribution >= 4 is 10.0 Å². The average Bonchev–Trinajstić information content (AvgIpc) is 3.12. The molecular weight excluding hydrogens is 260 g/mol. The maximum absolute atomic E-state index is 12.2. The summed E-state index contributed by atoms with van der Waals surface area (Å²) in [6.45, 7) is 6.89. The van der Waals surface area contributed by atoms with Crippen LogP contribution >= 0.6 is 0 Å². The molecule has 2 rings (SSSR count). The SMILES string of the molecule is CC(CNC1CC1)S(=O)(=O)NC1CCC(C)(C)CC1. The third kappa shape index (κ3) is 4.72. The molecule has 0 amide bonds. The molecule has 0 aromatic rings. The zero-order valence-electron chi connectivity index (χ0n) is 12.4. The highest BCUT2D eigenvalue weighted by Gasteiger charge is 2.31. The Bertz CT molecular complexity index is 392. The van der Waals surface area contributed by atoms with Crippen molar-refractivity contribution in [2.45, 2.75) is 76.6 Å². The van der Waals surface area contributed by atoms with Gasteiger partial charge in [-0.05, 0) is 50.9 Å². The van der Waals surface area contributed by atoms with E-state index in [-0.39, 0.29) is 11.3 Å². The number of hydrogen-bond acceptors (Lipinski definition) is 3. The molecule has 19 heavy (non-hydrogen) atoms. The van der Waals surface area contributed by atoms with Crippen LogP contribution < -0.4 is 10.0 Å². The van der Waals surface area contributed by atoms with E-state index in [9.17, 15) is 8.42 Å². The van der Waals surface area contributed by atoms with Gasteiger partial charge in [-0.15, -0.1) is 0 Å². The first-order chi connectivity index (χ1) is 8.78. The lowest BCUT2D eigenvalue weighted by Crippen LogP contribution is -2.45. The lowest BCUT2D eigenvalue weighted by molar-refractivity contribution is 0.218. The van der Waals surface area contributed by atoms with Gasteiger partial charge in [0.05, 0.1) is 5.25 Å². The van der Waals surface area contributed by atoms with Crippen LogP contribution in [0.25, 0.3) is 0 Å². The minimum absolute atomic E-state index is 0.140. The van der Waals surface area contributed by atoms with Gasteiger partial charge in [-0.2, -0.15) is 0 Å². The Morgan fingerprint density at radius 2 is 1.68 bits per heavy atom. The van der Waals surface area contributed by atoms with Gasteiger partial charge in [-0.25, -0.2) is 13.1 Å². The van der Waals surface area contributed by atoms with E-state index >= 15 is 0 Å². The molecule has 0 aromatic heterocycles. The van der Waals surface area contributed by atoms with Crippen LogP contribution in [0.1, 0.15) is 59.3 Å². The van der Waals surface area contributed by atoms with Crippen LogP contribution in [-0.4, -0.2) is 32.3 Å². The maximum Gasteiger partial charge on any atom is 0.215 e. The molecule has 0 heterocycles. The van der Waals surface area contributed by atoms with Crippen LogP contribution in [0.5, 0.6) is 0 Å². The van der Waals surface area contributed by atoms with E-state index in [1.807, 2.05) is 0 Å². The molecule has 2 aliphatic carbocycles. The molecule has 0 aromatic carbocycles. The lowest BCUT2D eigenvalue weighted by Gasteiger charge is -2.34. The molecule has 2 aliphatic rings. The first-order valence-corrected chi connectivity index (χ1v) is 9.08. The predicted molar refractivity (Wildman–Crippen MR) is 78.6 cm³/mol. The molecule has 1 atom stereocenters. The Hall–Kier alpha value is -0.130. The molecule has 0 aliphatic heterocycles. The van der Waals surface area contributed by atoms with E-state index in [1.54, 1.807) is 6.92 Å². The van der Waals surface area contributed by atoms with Gasteiger partial charge in [0.15, 0.2) is 0 Å². The molecule has 2 N–H and O–H groups in total. The van der Waals surface area contributed by atoms with Gasteiger partial charge >= 0.3 is 0 Å². The summed E-state index contributed by atoms with van der Waals surface area (Å²) in [6, 6.07) is 0.703. The molecule has 5 heteroatoms. The second-order valence-electron chi connectivity index (χ2n) is 7.09. The van der Waals surface area contributed by atoms with Crippen molar-refractivity contribution in [1.82, 2.24) is 10.0 Å². The standard InChI is InChI=1S/C14H28N2O2S/c1-11(10-15-12-4-5-12)19(17,18)16-13-6-8-14(2,3)9-7-13/h11-13,15-16H,4-10H2,1-3H3. The van der Waals surface area contributed by atoms with Gasteiger partial charge in [0.1, 0.15) is 0 Å².